The van der Waals surface area contributed by atoms with Gasteiger partial charge in [-0.2, -0.15) is 0 Å². The average molecular weight is 306 g/mol. The Kier molecular flexibility index (Phi) is 4.49. The largest absolute Gasteiger partial charge is 0.465 e. The Bertz CT molecular complexity index is 518. The van der Waals surface area contributed by atoms with E-state index in [2.05, 4.69) is 17.0 Å². The predicted octanol–water partition coefficient (Wildman–Crippen LogP) is 2.40. The van der Waals surface area contributed by atoms with Crippen LogP contribution in [0.1, 0.15) is 33.3 Å². The summed E-state index contributed by atoms with van der Waals surface area (Å²) in [6, 6.07) is 9.63. The zero-order chi connectivity index (χ0) is 16.5. The average Bonchev–Trinajstić information content (AvgIpc) is 2.35. The molecule has 1 aromatic carbocycles. The number of carboxylic acid groups (broad SMARTS) is 1. The number of rotatable bonds is 4. The molecule has 1 aliphatic rings. The molecule has 1 amide bonds. The van der Waals surface area contributed by atoms with Crippen molar-refractivity contribution in [1.82, 2.24) is 9.80 Å². The molecule has 0 radical (unpaired) electrons. The summed E-state index contributed by atoms with van der Waals surface area (Å²) < 4.78 is 0. The van der Waals surface area contributed by atoms with Crippen LogP contribution in [0.3, 0.4) is 0 Å². The first-order valence-electron chi connectivity index (χ1n) is 7.64. The Morgan fingerprint density at radius 2 is 1.86 bits per heavy atom. The molecule has 1 aromatic rings. The van der Waals surface area contributed by atoms with Gasteiger partial charge in [0.15, 0.2) is 0 Å². The summed E-state index contributed by atoms with van der Waals surface area (Å²) in [6.45, 7) is 9.09. The van der Waals surface area contributed by atoms with Crippen molar-refractivity contribution in [3.8, 4) is 0 Å². The SMILES string of the molecule is C[C@@H](N(C(=O)O)C(C)(C)C)C1(O)CN(Cc2ccccc2)C1. The Labute approximate surface area is 132 Å². The highest BCUT2D eigenvalue weighted by Gasteiger charge is 2.50. The first-order chi connectivity index (χ1) is 10.1. The summed E-state index contributed by atoms with van der Waals surface area (Å²) in [5, 5.41) is 20.2. The van der Waals surface area contributed by atoms with E-state index in [1.54, 1.807) is 6.92 Å². The van der Waals surface area contributed by atoms with Crippen LogP contribution in [-0.4, -0.2) is 56.4 Å². The van der Waals surface area contributed by atoms with E-state index in [4.69, 9.17) is 0 Å². The van der Waals surface area contributed by atoms with Gasteiger partial charge in [-0.25, -0.2) is 4.79 Å². The van der Waals surface area contributed by atoms with Crippen molar-refractivity contribution in [1.29, 1.82) is 0 Å². The lowest BCUT2D eigenvalue weighted by Gasteiger charge is -2.54. The fraction of sp³-hybridized carbons (Fsp3) is 0.588. The van der Waals surface area contributed by atoms with E-state index in [0.717, 1.165) is 6.54 Å². The molecule has 1 heterocycles. The highest BCUT2D eigenvalue weighted by atomic mass is 16.4. The molecule has 5 nitrogen and oxygen atoms in total. The van der Waals surface area contributed by atoms with E-state index in [9.17, 15) is 15.0 Å². The molecule has 5 heteroatoms. The maximum atomic E-state index is 11.5. The molecule has 1 saturated heterocycles. The Hall–Kier alpha value is -1.59. The molecule has 0 aromatic heterocycles. The van der Waals surface area contributed by atoms with Gasteiger partial charge in [-0.3, -0.25) is 9.80 Å². The monoisotopic (exact) mass is 306 g/mol. The quantitative estimate of drug-likeness (QED) is 0.896. The van der Waals surface area contributed by atoms with Gasteiger partial charge in [0.1, 0.15) is 5.60 Å². The van der Waals surface area contributed by atoms with Crippen molar-refractivity contribution in [3.63, 3.8) is 0 Å². The fourth-order valence-corrected chi connectivity index (χ4v) is 3.22. The third-order valence-electron chi connectivity index (χ3n) is 4.34. The van der Waals surface area contributed by atoms with Gasteiger partial charge in [0, 0.05) is 25.2 Å². The van der Waals surface area contributed by atoms with Crippen LogP contribution >= 0.6 is 0 Å². The smallest absolute Gasteiger partial charge is 0.408 e. The van der Waals surface area contributed by atoms with Crippen molar-refractivity contribution < 1.29 is 15.0 Å². The maximum Gasteiger partial charge on any atom is 0.408 e. The van der Waals surface area contributed by atoms with Gasteiger partial charge in [-0.1, -0.05) is 30.3 Å². The molecule has 1 atom stereocenters. The van der Waals surface area contributed by atoms with Crippen molar-refractivity contribution >= 4 is 6.09 Å². The Morgan fingerprint density at radius 3 is 2.32 bits per heavy atom. The molecule has 1 aliphatic heterocycles. The predicted molar refractivity (Wildman–Crippen MR) is 85.7 cm³/mol. The van der Waals surface area contributed by atoms with Gasteiger partial charge in [0.2, 0.25) is 0 Å². The second kappa shape index (κ2) is 5.89. The second-order valence-electron chi connectivity index (χ2n) is 7.23. The summed E-state index contributed by atoms with van der Waals surface area (Å²) >= 11 is 0. The molecule has 0 unspecified atom stereocenters. The Morgan fingerprint density at radius 1 is 1.32 bits per heavy atom. The molecule has 0 saturated carbocycles. The molecular weight excluding hydrogens is 280 g/mol. The molecule has 1 fully saturated rings. The van der Waals surface area contributed by atoms with Crippen LogP contribution in [0.2, 0.25) is 0 Å². The lowest BCUT2D eigenvalue weighted by atomic mass is 9.84. The summed E-state index contributed by atoms with van der Waals surface area (Å²) in [5.74, 6) is 0. The zero-order valence-corrected chi connectivity index (χ0v) is 13.8. The highest BCUT2D eigenvalue weighted by Crippen LogP contribution is 2.32. The molecule has 2 N–H and O–H groups in total. The summed E-state index contributed by atoms with van der Waals surface area (Å²) in [7, 11) is 0. The van der Waals surface area contributed by atoms with Gasteiger partial charge in [0.05, 0.1) is 6.04 Å². The lowest BCUT2D eigenvalue weighted by molar-refractivity contribution is -0.150. The second-order valence-corrected chi connectivity index (χ2v) is 7.23. The molecular formula is C17H26N2O3. The molecule has 22 heavy (non-hydrogen) atoms. The summed E-state index contributed by atoms with van der Waals surface area (Å²) in [4.78, 5) is 15.0. The number of aliphatic hydroxyl groups is 1. The van der Waals surface area contributed by atoms with Crippen LogP contribution in [0.25, 0.3) is 0 Å². The topological polar surface area (TPSA) is 64.0 Å². The number of amides is 1. The fourth-order valence-electron chi connectivity index (χ4n) is 3.22. The van der Waals surface area contributed by atoms with Crippen molar-refractivity contribution in [2.75, 3.05) is 13.1 Å². The Balaban J connectivity index is 2.00. The van der Waals surface area contributed by atoms with Crippen molar-refractivity contribution in [2.45, 2.75) is 51.4 Å². The number of carbonyl (C=O) groups is 1. The minimum Gasteiger partial charge on any atom is -0.465 e. The minimum absolute atomic E-state index is 0.447. The maximum absolute atomic E-state index is 11.5. The van der Waals surface area contributed by atoms with E-state index in [-0.39, 0.29) is 0 Å². The number of benzene rings is 1. The standard InChI is InChI=1S/C17H26N2O3/c1-13(19(15(20)21)16(2,3)4)17(22)11-18(12-17)10-14-8-6-5-7-9-14/h5-9,13,22H,10-12H2,1-4H3,(H,20,21)/t13-/m1/s1. The third-order valence-corrected chi connectivity index (χ3v) is 4.34. The molecule has 2 rings (SSSR count). The van der Waals surface area contributed by atoms with Gasteiger partial charge < -0.3 is 10.2 Å². The number of β-amino-alcohol motifs (C(OH)–C–C–N with tert-alkyl or cyclic N) is 1. The summed E-state index contributed by atoms with van der Waals surface area (Å²) in [6.07, 6.45) is -0.991. The first kappa shape index (κ1) is 16.8. The van der Waals surface area contributed by atoms with Crippen LogP contribution in [-0.2, 0) is 6.54 Å². The normalized spacial score (nSPS) is 19.3. The van der Waals surface area contributed by atoms with Gasteiger partial charge >= 0.3 is 6.09 Å². The molecule has 122 valence electrons. The number of hydrogen-bond acceptors (Lipinski definition) is 3. The minimum atomic E-state index is -0.991. The van der Waals surface area contributed by atoms with E-state index in [1.165, 1.54) is 10.5 Å². The number of nitrogens with zero attached hydrogens (tertiary/aromatic N) is 2. The van der Waals surface area contributed by atoms with Crippen LogP contribution < -0.4 is 0 Å². The van der Waals surface area contributed by atoms with Gasteiger partial charge in [-0.15, -0.1) is 0 Å². The number of likely N-dealkylation sites (tertiary alicyclic amines) is 1. The number of hydrogen-bond donors (Lipinski definition) is 2. The molecule has 0 spiro atoms. The molecule has 0 aliphatic carbocycles. The van der Waals surface area contributed by atoms with Gasteiger partial charge in [-0.05, 0) is 33.3 Å². The third kappa shape index (κ3) is 3.42. The summed E-state index contributed by atoms with van der Waals surface area (Å²) in [5.41, 5.74) is -0.329. The van der Waals surface area contributed by atoms with Crippen LogP contribution in [0, 0.1) is 0 Å². The van der Waals surface area contributed by atoms with E-state index in [1.807, 2.05) is 39.0 Å². The van der Waals surface area contributed by atoms with E-state index >= 15 is 0 Å². The highest BCUT2D eigenvalue weighted by molar-refractivity contribution is 5.66. The van der Waals surface area contributed by atoms with Crippen molar-refractivity contribution in [3.05, 3.63) is 35.9 Å². The van der Waals surface area contributed by atoms with E-state index < -0.39 is 23.3 Å². The van der Waals surface area contributed by atoms with Crippen molar-refractivity contribution in [2.24, 2.45) is 0 Å². The van der Waals surface area contributed by atoms with Crippen LogP contribution in [0.15, 0.2) is 30.3 Å². The van der Waals surface area contributed by atoms with E-state index in [0.29, 0.717) is 13.1 Å². The molecule has 0 bridgehead atoms. The van der Waals surface area contributed by atoms with Crippen LogP contribution in [0.4, 0.5) is 4.79 Å². The van der Waals surface area contributed by atoms with Gasteiger partial charge in [0.25, 0.3) is 0 Å². The zero-order valence-electron chi connectivity index (χ0n) is 13.8. The van der Waals surface area contributed by atoms with Crippen LogP contribution in [0.5, 0.6) is 0 Å². The first-order valence-corrected chi connectivity index (χ1v) is 7.64. The lowest BCUT2D eigenvalue weighted by Crippen LogP contribution is -2.72.